The van der Waals surface area contributed by atoms with Crippen molar-refractivity contribution >= 4 is 11.9 Å². The molecule has 3 fully saturated rings. The monoisotopic (exact) mass is 307 g/mol. The number of carbonyl (C=O) groups excluding carboxylic acids is 2. The predicted octanol–water partition coefficient (Wildman–Crippen LogP) is 2.41. The Hall–Kier alpha value is -1.26. The lowest BCUT2D eigenvalue weighted by Gasteiger charge is -2.34. The Kier molecular flexibility index (Phi) is 5.21. The fraction of sp³-hybridized carbons (Fsp3) is 0.882. The summed E-state index contributed by atoms with van der Waals surface area (Å²) in [7, 11) is 0. The van der Waals surface area contributed by atoms with E-state index in [-0.39, 0.29) is 18.0 Å². The van der Waals surface area contributed by atoms with Crippen molar-refractivity contribution in [1.82, 2.24) is 15.5 Å². The smallest absolute Gasteiger partial charge is 0.318 e. The lowest BCUT2D eigenvalue weighted by Crippen LogP contribution is -2.52. The molecule has 2 N–H and O–H groups in total. The van der Waals surface area contributed by atoms with Crippen molar-refractivity contribution in [3.63, 3.8) is 0 Å². The van der Waals surface area contributed by atoms with Crippen LogP contribution in [0.1, 0.15) is 64.2 Å². The molecule has 2 atom stereocenters. The van der Waals surface area contributed by atoms with Crippen molar-refractivity contribution < 1.29 is 9.59 Å². The number of likely N-dealkylation sites (tertiary alicyclic amines) is 1. The van der Waals surface area contributed by atoms with Crippen molar-refractivity contribution in [3.05, 3.63) is 0 Å². The van der Waals surface area contributed by atoms with Crippen molar-refractivity contribution in [2.45, 2.75) is 76.3 Å². The maximum atomic E-state index is 12.7. The predicted molar refractivity (Wildman–Crippen MR) is 85.5 cm³/mol. The number of rotatable bonds is 2. The maximum absolute atomic E-state index is 12.7. The van der Waals surface area contributed by atoms with Crippen LogP contribution in [0.2, 0.25) is 0 Å². The zero-order valence-electron chi connectivity index (χ0n) is 13.5. The second kappa shape index (κ2) is 7.34. The molecule has 124 valence electrons. The topological polar surface area (TPSA) is 61.4 Å². The van der Waals surface area contributed by atoms with Crippen LogP contribution in [0.4, 0.5) is 4.79 Å². The first-order chi connectivity index (χ1) is 10.8. The highest BCUT2D eigenvalue weighted by Crippen LogP contribution is 2.34. The molecule has 3 aliphatic rings. The summed E-state index contributed by atoms with van der Waals surface area (Å²) in [4.78, 5) is 26.7. The standard InChI is InChI=1S/C17H29N3O2/c21-16-14(9-4-5-11-18-16)19-17(22)20-12-6-10-15(20)13-7-2-1-3-8-13/h13-15H,1-12H2,(H,18,21)(H,19,22). The van der Waals surface area contributed by atoms with E-state index >= 15 is 0 Å². The van der Waals surface area contributed by atoms with E-state index in [1.807, 2.05) is 4.90 Å². The van der Waals surface area contributed by atoms with Crippen LogP contribution in [0.25, 0.3) is 0 Å². The molecule has 1 saturated carbocycles. The van der Waals surface area contributed by atoms with Crippen LogP contribution in [-0.4, -0.2) is 42.0 Å². The van der Waals surface area contributed by atoms with E-state index in [1.54, 1.807) is 0 Å². The van der Waals surface area contributed by atoms with Gasteiger partial charge in [0.15, 0.2) is 0 Å². The average molecular weight is 307 g/mol. The molecule has 22 heavy (non-hydrogen) atoms. The highest BCUT2D eigenvalue weighted by molar-refractivity contribution is 5.87. The number of urea groups is 1. The highest BCUT2D eigenvalue weighted by atomic mass is 16.2. The van der Waals surface area contributed by atoms with Gasteiger partial charge in [0.25, 0.3) is 0 Å². The van der Waals surface area contributed by atoms with Gasteiger partial charge in [-0.3, -0.25) is 4.79 Å². The molecular formula is C17H29N3O2. The molecule has 0 spiro atoms. The van der Waals surface area contributed by atoms with E-state index in [2.05, 4.69) is 10.6 Å². The van der Waals surface area contributed by atoms with Crippen LogP contribution in [0.15, 0.2) is 0 Å². The van der Waals surface area contributed by atoms with Gasteiger partial charge >= 0.3 is 6.03 Å². The summed E-state index contributed by atoms with van der Waals surface area (Å²) in [5.74, 6) is 0.657. The largest absolute Gasteiger partial charge is 0.354 e. The summed E-state index contributed by atoms with van der Waals surface area (Å²) < 4.78 is 0. The van der Waals surface area contributed by atoms with Crippen molar-refractivity contribution in [2.24, 2.45) is 5.92 Å². The number of nitrogens with zero attached hydrogens (tertiary/aromatic N) is 1. The first-order valence-electron chi connectivity index (χ1n) is 9.10. The van der Waals surface area contributed by atoms with Gasteiger partial charge in [0, 0.05) is 19.1 Å². The SMILES string of the molecule is O=C1NCCCCC1NC(=O)N1CCCC1C1CCCCC1. The van der Waals surface area contributed by atoms with E-state index in [4.69, 9.17) is 0 Å². The van der Waals surface area contributed by atoms with Gasteiger partial charge in [0.2, 0.25) is 5.91 Å². The van der Waals surface area contributed by atoms with Crippen LogP contribution in [0.3, 0.4) is 0 Å². The van der Waals surface area contributed by atoms with Gasteiger partial charge in [0.05, 0.1) is 0 Å². The van der Waals surface area contributed by atoms with Gasteiger partial charge in [-0.2, -0.15) is 0 Å². The molecule has 2 heterocycles. The van der Waals surface area contributed by atoms with E-state index in [1.165, 1.54) is 32.1 Å². The van der Waals surface area contributed by atoms with Gasteiger partial charge in [0.1, 0.15) is 6.04 Å². The number of hydrogen-bond donors (Lipinski definition) is 2. The van der Waals surface area contributed by atoms with Gasteiger partial charge in [-0.25, -0.2) is 4.79 Å². The summed E-state index contributed by atoms with van der Waals surface area (Å²) in [6, 6.07) is 0.0341. The van der Waals surface area contributed by atoms with E-state index in [0.29, 0.717) is 12.0 Å². The lowest BCUT2D eigenvalue weighted by molar-refractivity contribution is -0.122. The molecule has 2 aliphatic heterocycles. The number of amides is 3. The fourth-order valence-electron chi connectivity index (χ4n) is 4.36. The molecular weight excluding hydrogens is 278 g/mol. The molecule has 5 nitrogen and oxygen atoms in total. The Morgan fingerprint density at radius 2 is 1.77 bits per heavy atom. The third-order valence-corrected chi connectivity index (χ3v) is 5.59. The molecule has 3 amide bonds. The molecule has 0 aromatic rings. The Morgan fingerprint density at radius 1 is 1.00 bits per heavy atom. The van der Waals surface area contributed by atoms with Crippen molar-refractivity contribution in [1.29, 1.82) is 0 Å². The second-order valence-corrected chi connectivity index (χ2v) is 7.09. The lowest BCUT2D eigenvalue weighted by atomic mass is 9.83. The summed E-state index contributed by atoms with van der Waals surface area (Å²) in [5, 5.41) is 5.89. The van der Waals surface area contributed by atoms with E-state index < -0.39 is 0 Å². The Balaban J connectivity index is 1.59. The Labute approximate surface area is 133 Å². The molecule has 1 aliphatic carbocycles. The zero-order chi connectivity index (χ0) is 15.4. The van der Waals surface area contributed by atoms with Gasteiger partial charge < -0.3 is 15.5 Å². The Bertz CT molecular complexity index is 407. The first kappa shape index (κ1) is 15.6. The minimum absolute atomic E-state index is 0.0146. The van der Waals surface area contributed by atoms with Crippen LogP contribution in [0.5, 0.6) is 0 Å². The number of hydrogen-bond acceptors (Lipinski definition) is 2. The molecule has 3 rings (SSSR count). The molecule has 2 unspecified atom stereocenters. The second-order valence-electron chi connectivity index (χ2n) is 7.09. The Morgan fingerprint density at radius 3 is 2.59 bits per heavy atom. The van der Waals surface area contributed by atoms with Crippen molar-refractivity contribution in [3.8, 4) is 0 Å². The minimum Gasteiger partial charge on any atom is -0.354 e. The minimum atomic E-state index is -0.345. The van der Waals surface area contributed by atoms with Crippen LogP contribution in [-0.2, 0) is 4.79 Å². The maximum Gasteiger partial charge on any atom is 0.318 e. The summed E-state index contributed by atoms with van der Waals surface area (Å²) in [5.41, 5.74) is 0. The third kappa shape index (κ3) is 3.55. The van der Waals surface area contributed by atoms with E-state index in [9.17, 15) is 9.59 Å². The van der Waals surface area contributed by atoms with Gasteiger partial charge in [-0.1, -0.05) is 19.3 Å². The highest BCUT2D eigenvalue weighted by Gasteiger charge is 2.36. The van der Waals surface area contributed by atoms with Crippen LogP contribution >= 0.6 is 0 Å². The first-order valence-corrected chi connectivity index (χ1v) is 9.10. The van der Waals surface area contributed by atoms with Gasteiger partial charge in [-0.05, 0) is 50.9 Å². The summed E-state index contributed by atoms with van der Waals surface area (Å²) in [6.45, 7) is 1.58. The number of carbonyl (C=O) groups is 2. The summed E-state index contributed by atoms with van der Waals surface area (Å²) in [6.07, 6.45) is 11.5. The normalized spacial score (nSPS) is 30.7. The quantitative estimate of drug-likeness (QED) is 0.823. The third-order valence-electron chi connectivity index (χ3n) is 5.59. The molecule has 0 radical (unpaired) electrons. The fourth-order valence-corrected chi connectivity index (χ4v) is 4.36. The molecule has 0 aromatic carbocycles. The van der Waals surface area contributed by atoms with Crippen LogP contribution in [0, 0.1) is 5.92 Å². The molecule has 2 saturated heterocycles. The summed E-state index contributed by atoms with van der Waals surface area (Å²) >= 11 is 0. The number of nitrogens with one attached hydrogen (secondary N) is 2. The zero-order valence-corrected chi connectivity index (χ0v) is 13.5. The molecule has 0 aromatic heterocycles. The van der Waals surface area contributed by atoms with Gasteiger partial charge in [-0.15, -0.1) is 0 Å². The molecule has 0 bridgehead atoms. The van der Waals surface area contributed by atoms with Crippen LogP contribution < -0.4 is 10.6 Å². The van der Waals surface area contributed by atoms with Crippen molar-refractivity contribution in [2.75, 3.05) is 13.1 Å². The molecule has 5 heteroatoms. The van der Waals surface area contributed by atoms with E-state index in [0.717, 1.165) is 45.2 Å². The average Bonchev–Trinajstić information content (AvgIpc) is 2.95.